The summed E-state index contributed by atoms with van der Waals surface area (Å²) in [6.45, 7) is 0. The van der Waals surface area contributed by atoms with Gasteiger partial charge in [0, 0.05) is 11.3 Å². The molecule has 0 saturated carbocycles. The summed E-state index contributed by atoms with van der Waals surface area (Å²) in [5.41, 5.74) is 4.52. The quantitative estimate of drug-likeness (QED) is 0.424. The van der Waals surface area contributed by atoms with Crippen molar-refractivity contribution in [1.29, 1.82) is 0 Å². The van der Waals surface area contributed by atoms with Crippen LogP contribution in [0.4, 0.5) is 5.69 Å². The Kier molecular flexibility index (Phi) is 4.87. The van der Waals surface area contributed by atoms with Gasteiger partial charge in [-0.3, -0.25) is 19.9 Å². The number of nitrogens with one attached hydrogen (secondary N) is 3. The second kappa shape index (κ2) is 7.41. The molecule has 0 radical (unpaired) electrons. The van der Waals surface area contributed by atoms with Gasteiger partial charge in [-0.25, -0.2) is 5.48 Å². The fourth-order valence-corrected chi connectivity index (χ4v) is 2.39. The normalized spacial score (nSPS) is 10.3. The number of anilines is 1. The molecule has 2 amide bonds. The van der Waals surface area contributed by atoms with E-state index in [4.69, 9.17) is 5.21 Å². The maximum atomic E-state index is 12.1. The van der Waals surface area contributed by atoms with Crippen molar-refractivity contribution < 1.29 is 14.8 Å². The minimum absolute atomic E-state index is 0.0658. The summed E-state index contributed by atoms with van der Waals surface area (Å²) in [5.74, 6) is -0.817. The summed E-state index contributed by atoms with van der Waals surface area (Å²) in [4.78, 5) is 23.5. The Balaban J connectivity index is 1.72. The van der Waals surface area contributed by atoms with E-state index in [0.717, 1.165) is 11.1 Å². The van der Waals surface area contributed by atoms with Crippen LogP contribution >= 0.6 is 0 Å². The van der Waals surface area contributed by atoms with Crippen LogP contribution in [0.1, 0.15) is 16.1 Å². The number of hydroxylamine groups is 1. The number of hydrogen-bond acceptors (Lipinski definition) is 4. The third-order valence-electron chi connectivity index (χ3n) is 3.58. The summed E-state index contributed by atoms with van der Waals surface area (Å²) in [6, 6.07) is 18.2. The van der Waals surface area contributed by atoms with Crippen LogP contribution in [-0.4, -0.2) is 27.2 Å². The Labute approximate surface area is 143 Å². The lowest BCUT2D eigenvalue weighted by molar-refractivity contribution is -0.115. The third-order valence-corrected chi connectivity index (χ3v) is 3.58. The number of aromatic nitrogens is 2. The lowest BCUT2D eigenvalue weighted by Crippen LogP contribution is -2.18. The Bertz CT molecular complexity index is 890. The van der Waals surface area contributed by atoms with Gasteiger partial charge in [-0.1, -0.05) is 42.5 Å². The van der Waals surface area contributed by atoms with E-state index in [9.17, 15) is 9.59 Å². The van der Waals surface area contributed by atoms with Crippen LogP contribution in [0.25, 0.3) is 11.3 Å². The zero-order valence-corrected chi connectivity index (χ0v) is 13.2. The number of rotatable bonds is 5. The molecule has 4 N–H and O–H groups in total. The van der Waals surface area contributed by atoms with Crippen LogP contribution in [0.15, 0.2) is 60.7 Å². The lowest BCUT2D eigenvalue weighted by atomic mass is 10.1. The van der Waals surface area contributed by atoms with Crippen LogP contribution in [0.3, 0.4) is 0 Å². The topological polar surface area (TPSA) is 107 Å². The van der Waals surface area contributed by atoms with E-state index >= 15 is 0 Å². The summed E-state index contributed by atoms with van der Waals surface area (Å²) >= 11 is 0. The first-order valence-electron chi connectivity index (χ1n) is 7.60. The largest absolute Gasteiger partial charge is 0.326 e. The van der Waals surface area contributed by atoms with Crippen LogP contribution in [0.5, 0.6) is 0 Å². The molecule has 1 heterocycles. The molecule has 3 rings (SSSR count). The fourth-order valence-electron chi connectivity index (χ4n) is 2.39. The average molecular weight is 336 g/mol. The first-order valence-corrected chi connectivity index (χ1v) is 7.60. The van der Waals surface area contributed by atoms with Gasteiger partial charge in [-0.15, -0.1) is 0 Å². The minimum Gasteiger partial charge on any atom is -0.326 e. The molecule has 0 spiro atoms. The molecule has 126 valence electrons. The second-order valence-electron chi connectivity index (χ2n) is 5.40. The van der Waals surface area contributed by atoms with Crippen LogP contribution in [0.2, 0.25) is 0 Å². The van der Waals surface area contributed by atoms with Gasteiger partial charge in [0.15, 0.2) is 5.69 Å². The van der Waals surface area contributed by atoms with E-state index in [0.29, 0.717) is 11.4 Å². The van der Waals surface area contributed by atoms with E-state index < -0.39 is 5.91 Å². The van der Waals surface area contributed by atoms with Gasteiger partial charge in [0.25, 0.3) is 5.91 Å². The summed E-state index contributed by atoms with van der Waals surface area (Å²) < 4.78 is 0. The molecule has 0 atom stereocenters. The van der Waals surface area contributed by atoms with E-state index in [1.807, 2.05) is 36.4 Å². The Hall–Kier alpha value is -3.45. The van der Waals surface area contributed by atoms with Crippen molar-refractivity contribution in [2.75, 3.05) is 5.32 Å². The highest BCUT2D eigenvalue weighted by Gasteiger charge is 2.11. The summed E-state index contributed by atoms with van der Waals surface area (Å²) in [7, 11) is 0. The SMILES string of the molecule is O=C(Cc1ccccc1)Nc1cccc(-c2cc(C(=O)NO)n[nH]2)c1. The zero-order chi connectivity index (χ0) is 17.6. The number of aromatic amines is 1. The molecule has 25 heavy (non-hydrogen) atoms. The van der Waals surface area contributed by atoms with Gasteiger partial charge in [0.05, 0.1) is 12.1 Å². The molecule has 1 aromatic heterocycles. The molecule has 3 aromatic rings. The number of nitrogens with zero attached hydrogens (tertiary/aromatic N) is 1. The van der Waals surface area contributed by atoms with Gasteiger partial charge >= 0.3 is 0 Å². The first-order chi connectivity index (χ1) is 12.2. The molecule has 0 unspecified atom stereocenters. The van der Waals surface area contributed by atoms with E-state index in [2.05, 4.69) is 15.5 Å². The van der Waals surface area contributed by atoms with E-state index in [1.54, 1.807) is 18.2 Å². The van der Waals surface area contributed by atoms with Crippen molar-refractivity contribution in [2.24, 2.45) is 0 Å². The third kappa shape index (κ3) is 4.10. The first kappa shape index (κ1) is 16.4. The van der Waals surface area contributed by atoms with Gasteiger partial charge in [0.1, 0.15) is 0 Å². The highest BCUT2D eigenvalue weighted by molar-refractivity contribution is 5.94. The Morgan fingerprint density at radius 2 is 1.84 bits per heavy atom. The van der Waals surface area contributed by atoms with Crippen LogP contribution in [0, 0.1) is 0 Å². The standard InChI is InChI=1S/C18H16N4O3/c23-17(9-12-5-2-1-3-6-12)19-14-8-4-7-13(10-14)15-11-16(21-20-15)18(24)22-25/h1-8,10-11,25H,9H2,(H,19,23)(H,20,21)(H,22,24). The van der Waals surface area contributed by atoms with E-state index in [1.165, 1.54) is 11.5 Å². The Morgan fingerprint density at radius 1 is 1.04 bits per heavy atom. The average Bonchev–Trinajstić information content (AvgIpc) is 3.12. The predicted molar refractivity (Wildman–Crippen MR) is 92.1 cm³/mol. The lowest BCUT2D eigenvalue weighted by Gasteiger charge is -2.07. The van der Waals surface area contributed by atoms with Crippen molar-refractivity contribution in [2.45, 2.75) is 6.42 Å². The van der Waals surface area contributed by atoms with Gasteiger partial charge in [-0.2, -0.15) is 5.10 Å². The van der Waals surface area contributed by atoms with Gasteiger partial charge in [0.2, 0.25) is 5.91 Å². The van der Waals surface area contributed by atoms with Crippen molar-refractivity contribution in [1.82, 2.24) is 15.7 Å². The van der Waals surface area contributed by atoms with Crippen molar-refractivity contribution in [3.8, 4) is 11.3 Å². The number of benzene rings is 2. The summed E-state index contributed by atoms with van der Waals surface area (Å²) in [5, 5.41) is 18.0. The molecule has 2 aromatic carbocycles. The van der Waals surface area contributed by atoms with Crippen molar-refractivity contribution >= 4 is 17.5 Å². The predicted octanol–water partition coefficient (Wildman–Crippen LogP) is 2.38. The smallest absolute Gasteiger partial charge is 0.295 e. The van der Waals surface area contributed by atoms with E-state index in [-0.39, 0.29) is 18.0 Å². The van der Waals surface area contributed by atoms with Crippen molar-refractivity contribution in [3.63, 3.8) is 0 Å². The molecule has 0 fully saturated rings. The highest BCUT2D eigenvalue weighted by atomic mass is 16.5. The molecule has 0 aliphatic carbocycles. The number of carbonyl (C=O) groups is 2. The van der Waals surface area contributed by atoms with Gasteiger partial charge in [-0.05, 0) is 23.8 Å². The number of amides is 2. The number of H-pyrrole nitrogens is 1. The molecule has 0 aliphatic rings. The summed E-state index contributed by atoms with van der Waals surface area (Å²) in [6.07, 6.45) is 0.288. The molecule has 7 nitrogen and oxygen atoms in total. The molecular formula is C18H16N4O3. The second-order valence-corrected chi connectivity index (χ2v) is 5.40. The minimum atomic E-state index is -0.699. The number of carbonyl (C=O) groups excluding carboxylic acids is 2. The number of hydrogen-bond donors (Lipinski definition) is 4. The van der Waals surface area contributed by atoms with Crippen LogP contribution in [-0.2, 0) is 11.2 Å². The highest BCUT2D eigenvalue weighted by Crippen LogP contribution is 2.21. The fraction of sp³-hybridized carbons (Fsp3) is 0.0556. The maximum absolute atomic E-state index is 12.1. The van der Waals surface area contributed by atoms with Crippen LogP contribution < -0.4 is 10.8 Å². The maximum Gasteiger partial charge on any atom is 0.295 e. The van der Waals surface area contributed by atoms with Crippen molar-refractivity contribution in [3.05, 3.63) is 71.9 Å². The monoisotopic (exact) mass is 336 g/mol. The van der Waals surface area contributed by atoms with Gasteiger partial charge < -0.3 is 5.32 Å². The molecule has 0 saturated heterocycles. The Morgan fingerprint density at radius 3 is 2.60 bits per heavy atom. The molecular weight excluding hydrogens is 320 g/mol. The molecule has 0 bridgehead atoms. The molecule has 7 heteroatoms. The molecule has 0 aliphatic heterocycles. The zero-order valence-electron chi connectivity index (χ0n) is 13.2.